The first kappa shape index (κ1) is 17.7. The third kappa shape index (κ3) is 3.86. The van der Waals surface area contributed by atoms with E-state index in [1.54, 1.807) is 0 Å². The Kier molecular flexibility index (Phi) is 4.04. The Morgan fingerprint density at radius 1 is 1.04 bits per heavy atom. The predicted octanol–water partition coefficient (Wildman–Crippen LogP) is 2.70. The van der Waals surface area contributed by atoms with Crippen molar-refractivity contribution in [2.24, 2.45) is 0 Å². The molecule has 1 amide bonds. The van der Waals surface area contributed by atoms with Crippen LogP contribution in [0.2, 0.25) is 0 Å². The molecule has 1 fully saturated rings. The van der Waals surface area contributed by atoms with Crippen molar-refractivity contribution in [3.8, 4) is 11.5 Å². The van der Waals surface area contributed by atoms with Gasteiger partial charge in [-0.15, -0.1) is 8.78 Å². The van der Waals surface area contributed by atoms with Crippen LogP contribution < -0.4 is 19.5 Å². The Balaban J connectivity index is 1.46. The zero-order valence-electron chi connectivity index (χ0n) is 13.7. The van der Waals surface area contributed by atoms with Gasteiger partial charge in [-0.05, 0) is 49.2 Å². The van der Waals surface area contributed by atoms with Crippen LogP contribution in [-0.2, 0) is 10.0 Å². The maximum absolute atomic E-state index is 13.0. The normalized spacial score (nSPS) is 17.6. The van der Waals surface area contributed by atoms with Gasteiger partial charge < -0.3 is 14.8 Å². The highest BCUT2D eigenvalue weighted by atomic mass is 32.2. The highest BCUT2D eigenvalue weighted by molar-refractivity contribution is 7.89. The summed E-state index contributed by atoms with van der Waals surface area (Å²) >= 11 is 0. The molecule has 0 aromatic heterocycles. The van der Waals surface area contributed by atoms with Crippen molar-refractivity contribution in [3.05, 3.63) is 48.0 Å². The average Bonchev–Trinajstić information content (AvgIpc) is 3.34. The predicted molar refractivity (Wildman–Crippen MR) is 90.4 cm³/mol. The molecule has 1 aliphatic heterocycles. The summed E-state index contributed by atoms with van der Waals surface area (Å²) in [6, 6.07) is 9.25. The molecule has 1 saturated carbocycles. The minimum Gasteiger partial charge on any atom is -0.395 e. The SMILES string of the molecule is O=C(Nc1ccc2c(c1)OC(F)(F)O2)c1ccc(S(=O)(=O)NC2CC2)cc1. The highest BCUT2D eigenvalue weighted by Gasteiger charge is 2.43. The van der Waals surface area contributed by atoms with Gasteiger partial charge in [-0.3, -0.25) is 4.79 Å². The zero-order chi connectivity index (χ0) is 19.2. The monoisotopic (exact) mass is 396 g/mol. The summed E-state index contributed by atoms with van der Waals surface area (Å²) < 4.78 is 61.5. The van der Waals surface area contributed by atoms with Crippen LogP contribution in [-0.4, -0.2) is 26.7 Å². The quantitative estimate of drug-likeness (QED) is 0.811. The van der Waals surface area contributed by atoms with Crippen LogP contribution in [0.4, 0.5) is 14.5 Å². The first-order valence-electron chi connectivity index (χ1n) is 8.05. The summed E-state index contributed by atoms with van der Waals surface area (Å²) in [4.78, 5) is 12.4. The van der Waals surface area contributed by atoms with Gasteiger partial charge in [0.05, 0.1) is 4.90 Å². The van der Waals surface area contributed by atoms with Crippen molar-refractivity contribution in [1.82, 2.24) is 4.72 Å². The van der Waals surface area contributed by atoms with Crippen molar-refractivity contribution >= 4 is 21.6 Å². The molecule has 2 N–H and O–H groups in total. The molecule has 2 aromatic carbocycles. The first-order chi connectivity index (χ1) is 12.7. The highest BCUT2D eigenvalue weighted by Crippen LogP contribution is 2.42. The van der Waals surface area contributed by atoms with E-state index in [0.717, 1.165) is 12.8 Å². The van der Waals surface area contributed by atoms with E-state index in [2.05, 4.69) is 19.5 Å². The van der Waals surface area contributed by atoms with E-state index in [1.165, 1.54) is 42.5 Å². The number of anilines is 1. The van der Waals surface area contributed by atoms with Gasteiger partial charge in [-0.1, -0.05) is 0 Å². The van der Waals surface area contributed by atoms with E-state index in [9.17, 15) is 22.0 Å². The van der Waals surface area contributed by atoms with Crippen LogP contribution in [0, 0.1) is 0 Å². The number of alkyl halides is 2. The largest absolute Gasteiger partial charge is 0.586 e. The lowest BCUT2D eigenvalue weighted by molar-refractivity contribution is -0.286. The van der Waals surface area contributed by atoms with Crippen LogP contribution in [0.3, 0.4) is 0 Å². The molecule has 4 rings (SSSR count). The van der Waals surface area contributed by atoms with E-state index < -0.39 is 22.2 Å². The number of nitrogens with one attached hydrogen (secondary N) is 2. The minimum absolute atomic E-state index is 0.0173. The molecule has 142 valence electrons. The van der Waals surface area contributed by atoms with Crippen molar-refractivity contribution in [2.75, 3.05) is 5.32 Å². The summed E-state index contributed by atoms with van der Waals surface area (Å²) in [5, 5.41) is 2.53. The number of amides is 1. The van der Waals surface area contributed by atoms with Crippen molar-refractivity contribution < 1.29 is 31.5 Å². The molecule has 0 saturated heterocycles. The van der Waals surface area contributed by atoms with Crippen molar-refractivity contribution in [2.45, 2.75) is 30.1 Å². The number of halogens is 2. The van der Waals surface area contributed by atoms with Crippen LogP contribution in [0.25, 0.3) is 0 Å². The molecule has 0 spiro atoms. The number of hydrogen-bond acceptors (Lipinski definition) is 5. The molecule has 1 heterocycles. The summed E-state index contributed by atoms with van der Waals surface area (Å²) in [6.45, 7) is 0. The van der Waals surface area contributed by atoms with Gasteiger partial charge in [0.1, 0.15) is 0 Å². The van der Waals surface area contributed by atoms with Crippen LogP contribution in [0.5, 0.6) is 11.5 Å². The fraction of sp³-hybridized carbons (Fsp3) is 0.235. The standard InChI is InChI=1S/C17H14F2N2O5S/c18-17(19)25-14-8-5-12(9-15(14)26-17)20-16(22)10-1-6-13(7-2-10)27(23,24)21-11-3-4-11/h1-2,5-9,11,21H,3-4H2,(H,20,22). The number of benzene rings is 2. The van der Waals surface area contributed by atoms with Gasteiger partial charge in [-0.25, -0.2) is 13.1 Å². The van der Waals surface area contributed by atoms with Gasteiger partial charge in [0.2, 0.25) is 10.0 Å². The van der Waals surface area contributed by atoms with E-state index in [4.69, 9.17) is 0 Å². The lowest BCUT2D eigenvalue weighted by Gasteiger charge is -2.08. The Morgan fingerprint density at radius 2 is 1.70 bits per heavy atom. The Bertz CT molecular complexity index is 1000. The molecule has 0 unspecified atom stereocenters. The van der Waals surface area contributed by atoms with Crippen molar-refractivity contribution in [1.29, 1.82) is 0 Å². The fourth-order valence-corrected chi connectivity index (χ4v) is 3.81. The number of sulfonamides is 1. The van der Waals surface area contributed by atoms with Crippen LogP contribution >= 0.6 is 0 Å². The van der Waals surface area contributed by atoms with Crippen molar-refractivity contribution in [3.63, 3.8) is 0 Å². The second-order valence-corrected chi connectivity index (χ2v) is 7.92. The van der Waals surface area contributed by atoms with Gasteiger partial charge >= 0.3 is 6.29 Å². The molecule has 0 atom stereocenters. The topological polar surface area (TPSA) is 93.7 Å². The summed E-state index contributed by atoms with van der Waals surface area (Å²) in [5.74, 6) is -0.846. The van der Waals surface area contributed by atoms with Gasteiger partial charge in [0.25, 0.3) is 5.91 Å². The number of ether oxygens (including phenoxy) is 2. The van der Waals surface area contributed by atoms with Gasteiger partial charge in [0.15, 0.2) is 11.5 Å². The maximum Gasteiger partial charge on any atom is 0.586 e. The Labute approximate surface area is 153 Å². The van der Waals surface area contributed by atoms with E-state index >= 15 is 0 Å². The molecule has 2 aromatic rings. The molecule has 27 heavy (non-hydrogen) atoms. The third-order valence-corrected chi connectivity index (χ3v) is 5.52. The molecule has 0 bridgehead atoms. The molecule has 10 heteroatoms. The second-order valence-electron chi connectivity index (χ2n) is 6.20. The van der Waals surface area contributed by atoms with Gasteiger partial charge in [0, 0.05) is 23.4 Å². The number of rotatable bonds is 5. The number of fused-ring (bicyclic) bond motifs is 1. The summed E-state index contributed by atoms with van der Waals surface area (Å²) in [5.41, 5.74) is 0.440. The number of carbonyl (C=O) groups is 1. The number of carbonyl (C=O) groups excluding carboxylic acids is 1. The molecule has 7 nitrogen and oxygen atoms in total. The third-order valence-electron chi connectivity index (χ3n) is 3.99. The minimum atomic E-state index is -3.74. The van der Waals surface area contributed by atoms with E-state index in [0.29, 0.717) is 0 Å². The van der Waals surface area contributed by atoms with E-state index in [-0.39, 0.29) is 33.7 Å². The number of hydrogen-bond donors (Lipinski definition) is 2. The summed E-state index contributed by atoms with van der Waals surface area (Å²) in [6.07, 6.45) is -2.09. The van der Waals surface area contributed by atoms with Crippen LogP contribution in [0.15, 0.2) is 47.4 Å². The molecular formula is C17H14F2N2O5S. The lowest BCUT2D eigenvalue weighted by atomic mass is 10.2. The molecule has 0 radical (unpaired) electrons. The Hall–Kier alpha value is -2.72. The molecular weight excluding hydrogens is 382 g/mol. The first-order valence-corrected chi connectivity index (χ1v) is 9.54. The second kappa shape index (κ2) is 6.17. The van der Waals surface area contributed by atoms with Gasteiger partial charge in [-0.2, -0.15) is 0 Å². The average molecular weight is 396 g/mol. The molecule has 1 aliphatic carbocycles. The zero-order valence-corrected chi connectivity index (χ0v) is 14.6. The smallest absolute Gasteiger partial charge is 0.395 e. The van der Waals surface area contributed by atoms with E-state index in [1.807, 2.05) is 0 Å². The Morgan fingerprint density at radius 3 is 2.37 bits per heavy atom. The summed E-state index contributed by atoms with van der Waals surface area (Å²) in [7, 11) is -3.60. The lowest BCUT2D eigenvalue weighted by Crippen LogP contribution is -2.26. The fourth-order valence-electron chi connectivity index (χ4n) is 2.50. The van der Waals surface area contributed by atoms with Crippen LogP contribution in [0.1, 0.15) is 23.2 Å². The molecule has 2 aliphatic rings. The maximum atomic E-state index is 13.0.